The lowest BCUT2D eigenvalue weighted by atomic mass is 9.86. The fourth-order valence-electron chi connectivity index (χ4n) is 3.44. The van der Waals surface area contributed by atoms with Crippen molar-refractivity contribution in [1.29, 1.82) is 0 Å². The van der Waals surface area contributed by atoms with E-state index in [4.69, 9.17) is 4.74 Å². The molecule has 0 saturated heterocycles. The normalized spacial score (nSPS) is 15.1. The third-order valence-electron chi connectivity index (χ3n) is 5.08. The van der Waals surface area contributed by atoms with Gasteiger partial charge in [0.15, 0.2) is 17.2 Å². The molecule has 2 aromatic carbocycles. The lowest BCUT2D eigenvalue weighted by molar-refractivity contribution is -0.231. The number of nitrogens with one attached hydrogen (secondary N) is 1. The van der Waals surface area contributed by atoms with Gasteiger partial charge < -0.3 is 14.8 Å². The van der Waals surface area contributed by atoms with Crippen LogP contribution in [0.15, 0.2) is 52.3 Å². The molecule has 0 aliphatic heterocycles. The summed E-state index contributed by atoms with van der Waals surface area (Å²) in [7, 11) is 1.19. The van der Waals surface area contributed by atoms with E-state index in [0.717, 1.165) is 24.3 Å². The van der Waals surface area contributed by atoms with Crippen LogP contribution in [0.25, 0.3) is 10.9 Å². The van der Waals surface area contributed by atoms with E-state index in [1.54, 1.807) is 0 Å². The number of methoxy groups -OCH3 is 1. The topological polar surface area (TPSA) is 74.7 Å². The third-order valence-corrected chi connectivity index (χ3v) is 5.08. The number of ether oxygens (including phenoxy) is 1. The Labute approximate surface area is 179 Å². The summed E-state index contributed by atoms with van der Waals surface area (Å²) in [6.45, 7) is 1.39. The van der Waals surface area contributed by atoms with Gasteiger partial charge in [0, 0.05) is 23.2 Å². The number of alkyl halides is 3. The maximum absolute atomic E-state index is 14.0. The number of halogens is 5. The van der Waals surface area contributed by atoms with Gasteiger partial charge in [-0.15, -0.1) is 0 Å². The van der Waals surface area contributed by atoms with Gasteiger partial charge in [-0.25, -0.2) is 8.78 Å². The van der Waals surface area contributed by atoms with Crippen molar-refractivity contribution in [3.05, 3.63) is 70.0 Å². The van der Waals surface area contributed by atoms with Crippen LogP contribution in [0.4, 0.5) is 27.6 Å². The molecule has 0 fully saturated rings. The number of H-pyrrole nitrogens is 1. The third kappa shape index (κ3) is 4.50. The zero-order chi connectivity index (χ0) is 23.7. The number of aliphatic hydroxyl groups is 1. The van der Waals surface area contributed by atoms with Crippen LogP contribution in [0, 0.1) is 11.6 Å². The molecule has 0 unspecified atom stereocenters. The number of hydrogen-bond acceptors (Lipinski definition) is 4. The second kappa shape index (κ2) is 8.70. The Morgan fingerprint density at radius 1 is 1.12 bits per heavy atom. The summed E-state index contributed by atoms with van der Waals surface area (Å²) in [6, 6.07) is 8.21. The molecule has 0 bridgehead atoms. The molecule has 0 aliphatic carbocycles. The zero-order valence-electron chi connectivity index (χ0n) is 17.0. The second-order valence-corrected chi connectivity index (χ2v) is 7.33. The van der Waals surface area contributed by atoms with E-state index in [1.165, 1.54) is 32.2 Å². The Morgan fingerprint density at radius 2 is 1.84 bits per heavy atom. The zero-order valence-corrected chi connectivity index (χ0v) is 17.0. The quantitative estimate of drug-likeness (QED) is 0.407. The first kappa shape index (κ1) is 23.4. The molecule has 5 nitrogen and oxygen atoms in total. The molecule has 1 aromatic heterocycles. The number of aliphatic imine (C=N–C) groups is 1. The van der Waals surface area contributed by atoms with Crippen molar-refractivity contribution < 1.29 is 31.8 Å². The number of hydrogen-bond donors (Lipinski definition) is 2. The van der Waals surface area contributed by atoms with Gasteiger partial charge in [0.05, 0.1) is 18.3 Å². The van der Waals surface area contributed by atoms with Crippen LogP contribution in [0.5, 0.6) is 5.75 Å². The summed E-state index contributed by atoms with van der Waals surface area (Å²) < 4.78 is 74.4. The van der Waals surface area contributed by atoms with E-state index in [1.807, 2.05) is 0 Å². The van der Waals surface area contributed by atoms with Gasteiger partial charge in [-0.1, -0.05) is 19.1 Å². The molecule has 2 atom stereocenters. The van der Waals surface area contributed by atoms with Crippen LogP contribution in [-0.2, 0) is 0 Å². The van der Waals surface area contributed by atoms with E-state index >= 15 is 0 Å². The average molecular weight is 454 g/mol. The molecule has 2 N–H and O–H groups in total. The van der Waals surface area contributed by atoms with E-state index in [0.29, 0.717) is 6.21 Å². The van der Waals surface area contributed by atoms with Crippen LogP contribution in [0.2, 0.25) is 0 Å². The van der Waals surface area contributed by atoms with Crippen molar-refractivity contribution in [2.75, 3.05) is 7.11 Å². The predicted octanol–water partition coefficient (Wildman–Crippen LogP) is 5.00. The standard InChI is InChI=1S/C22H19F5N2O3/c1-12(13-4-3-5-16(24)20(13)32-2)10-21(31,22(25,26)27)11-28-17-8-7-15(23)19-14(17)6-9-18(30)29-19/h3-9,11-12,31H,10H2,1-2H3,(H,29,30)/t12-,21-/m1/s1. The van der Waals surface area contributed by atoms with Crippen molar-refractivity contribution >= 4 is 22.8 Å². The molecular weight excluding hydrogens is 435 g/mol. The molecule has 0 aliphatic rings. The van der Waals surface area contributed by atoms with Gasteiger partial charge in [0.2, 0.25) is 5.56 Å². The lowest BCUT2D eigenvalue weighted by Gasteiger charge is -2.30. The smallest absolute Gasteiger partial charge is 0.422 e. The van der Waals surface area contributed by atoms with Crippen LogP contribution in [0.1, 0.15) is 24.8 Å². The summed E-state index contributed by atoms with van der Waals surface area (Å²) >= 11 is 0. The average Bonchev–Trinajstić information content (AvgIpc) is 2.72. The molecular formula is C22H19F5N2O3. The van der Waals surface area contributed by atoms with Gasteiger partial charge >= 0.3 is 6.18 Å². The molecule has 0 radical (unpaired) electrons. The largest absolute Gasteiger partial charge is 0.493 e. The summed E-state index contributed by atoms with van der Waals surface area (Å²) in [5.41, 5.74) is -4.14. The van der Waals surface area contributed by atoms with Gasteiger partial charge in [0.25, 0.3) is 0 Å². The fraction of sp³-hybridized carbons (Fsp3) is 0.273. The Hall–Kier alpha value is -3.27. The Morgan fingerprint density at radius 3 is 2.50 bits per heavy atom. The highest BCUT2D eigenvalue weighted by Gasteiger charge is 2.53. The first-order valence-electron chi connectivity index (χ1n) is 9.45. The number of rotatable bonds is 6. The number of pyridine rings is 1. The van der Waals surface area contributed by atoms with Crippen LogP contribution in [-0.4, -0.2) is 35.2 Å². The Kier molecular flexibility index (Phi) is 6.36. The summed E-state index contributed by atoms with van der Waals surface area (Å²) in [5, 5.41) is 10.6. The lowest BCUT2D eigenvalue weighted by Crippen LogP contribution is -2.47. The van der Waals surface area contributed by atoms with Crippen LogP contribution < -0.4 is 10.3 Å². The molecule has 3 aromatic rings. The van der Waals surface area contributed by atoms with E-state index < -0.39 is 41.3 Å². The van der Waals surface area contributed by atoms with Crippen molar-refractivity contribution in [2.45, 2.75) is 31.0 Å². The minimum absolute atomic E-state index is 0.0604. The molecule has 0 saturated carbocycles. The van der Waals surface area contributed by atoms with Gasteiger partial charge in [0.1, 0.15) is 5.82 Å². The molecule has 0 amide bonds. The minimum atomic E-state index is -5.12. The maximum Gasteiger partial charge on any atom is 0.422 e. The predicted molar refractivity (Wildman–Crippen MR) is 110 cm³/mol. The van der Waals surface area contributed by atoms with Crippen LogP contribution >= 0.6 is 0 Å². The monoisotopic (exact) mass is 454 g/mol. The summed E-state index contributed by atoms with van der Waals surface area (Å²) in [4.78, 5) is 17.5. The number of para-hydroxylation sites is 1. The van der Waals surface area contributed by atoms with Crippen molar-refractivity contribution in [1.82, 2.24) is 4.98 Å². The SMILES string of the molecule is COc1c(F)cccc1[C@H](C)C[C@@](O)(C=Nc1ccc(F)c2[nH]c(=O)ccc12)C(F)(F)F. The number of aromatic amines is 1. The van der Waals surface area contributed by atoms with Crippen molar-refractivity contribution in [3.63, 3.8) is 0 Å². The highest BCUT2D eigenvalue weighted by molar-refractivity contribution is 5.92. The first-order valence-corrected chi connectivity index (χ1v) is 9.45. The van der Waals surface area contributed by atoms with Gasteiger partial charge in [-0.2, -0.15) is 13.2 Å². The Balaban J connectivity index is 2.02. The van der Waals surface area contributed by atoms with E-state index in [9.17, 15) is 31.9 Å². The van der Waals surface area contributed by atoms with Crippen molar-refractivity contribution in [2.24, 2.45) is 4.99 Å². The minimum Gasteiger partial charge on any atom is -0.493 e. The molecule has 1 heterocycles. The summed E-state index contributed by atoms with van der Waals surface area (Å²) in [6.07, 6.45) is -5.67. The molecule has 170 valence electrons. The highest BCUT2D eigenvalue weighted by Crippen LogP contribution is 2.40. The van der Waals surface area contributed by atoms with Crippen molar-refractivity contribution in [3.8, 4) is 5.75 Å². The van der Waals surface area contributed by atoms with Crippen LogP contribution in [0.3, 0.4) is 0 Å². The highest BCUT2D eigenvalue weighted by atomic mass is 19.4. The number of nitrogens with zero attached hydrogens (tertiary/aromatic N) is 1. The number of aromatic nitrogens is 1. The fourth-order valence-corrected chi connectivity index (χ4v) is 3.44. The van der Waals surface area contributed by atoms with E-state index in [-0.39, 0.29) is 27.9 Å². The molecule has 3 rings (SSSR count). The van der Waals surface area contributed by atoms with Gasteiger partial charge in [-0.3, -0.25) is 9.79 Å². The first-order chi connectivity index (χ1) is 15.0. The number of benzene rings is 2. The molecule has 10 heteroatoms. The summed E-state index contributed by atoms with van der Waals surface area (Å²) in [5.74, 6) is -2.71. The van der Waals surface area contributed by atoms with Gasteiger partial charge in [-0.05, 0) is 36.6 Å². The number of fused-ring (bicyclic) bond motifs is 1. The Bertz CT molecular complexity index is 1220. The second-order valence-electron chi connectivity index (χ2n) is 7.33. The molecule has 32 heavy (non-hydrogen) atoms. The molecule has 0 spiro atoms. The van der Waals surface area contributed by atoms with E-state index in [2.05, 4.69) is 9.98 Å². The maximum atomic E-state index is 14.0.